The minimum absolute atomic E-state index is 0.188. The highest BCUT2D eigenvalue weighted by molar-refractivity contribution is 7.47. The fraction of sp³-hybridized carbons (Fsp3) is 0.917. The van der Waals surface area contributed by atoms with Gasteiger partial charge in [0.1, 0.15) is 12.7 Å². The van der Waals surface area contributed by atoms with Crippen LogP contribution in [0.4, 0.5) is 0 Å². The fourth-order valence-corrected chi connectivity index (χ4v) is 7.90. The molecule has 0 saturated heterocycles. The van der Waals surface area contributed by atoms with E-state index in [1.807, 2.05) is 0 Å². The third kappa shape index (κ3) is 44.6. The Kier molecular flexibility index (Phi) is 43.8. The van der Waals surface area contributed by atoms with Gasteiger partial charge in [0.2, 0.25) is 0 Å². The van der Waals surface area contributed by atoms with E-state index in [-0.39, 0.29) is 19.4 Å². The van der Waals surface area contributed by atoms with Crippen molar-refractivity contribution in [1.82, 2.24) is 0 Å². The smallest absolute Gasteiger partial charge is 0.462 e. The molecule has 0 fully saturated rings. The largest absolute Gasteiger partial charge is 0.472 e. The average Bonchev–Trinajstić information content (AvgIpc) is 3.22. The lowest BCUT2D eigenvalue weighted by Gasteiger charge is -2.20. The van der Waals surface area contributed by atoms with Crippen LogP contribution in [0, 0.1) is 0 Å². The number of phosphoric acid groups is 1. The van der Waals surface area contributed by atoms with Gasteiger partial charge in [0.15, 0.2) is 6.10 Å². The van der Waals surface area contributed by atoms with Gasteiger partial charge in [-0.25, -0.2) is 4.57 Å². The van der Waals surface area contributed by atoms with Gasteiger partial charge in [-0.1, -0.05) is 206 Å². The Morgan fingerprint density at radius 1 is 0.492 bits per heavy atom. The quantitative estimate of drug-likeness (QED) is 0.0234. The second-order valence-corrected chi connectivity index (χ2v) is 18.3. The zero-order valence-corrected chi connectivity index (χ0v) is 39.1. The number of carbonyl (C=O) groups excluding carboxylic acids is 2. The summed E-state index contributed by atoms with van der Waals surface area (Å²) in [5, 5.41) is 18.4. The molecule has 0 bridgehead atoms. The van der Waals surface area contributed by atoms with E-state index in [2.05, 4.69) is 26.0 Å². The van der Waals surface area contributed by atoms with Gasteiger partial charge in [-0.05, 0) is 38.5 Å². The van der Waals surface area contributed by atoms with E-state index in [1.165, 1.54) is 161 Å². The molecule has 350 valence electrons. The average molecular weight is 861 g/mol. The maximum absolute atomic E-state index is 12.7. The second-order valence-electron chi connectivity index (χ2n) is 16.8. The molecule has 0 rings (SSSR count). The molecule has 0 aromatic rings. The van der Waals surface area contributed by atoms with Crippen LogP contribution < -0.4 is 0 Å². The fourth-order valence-electron chi connectivity index (χ4n) is 7.11. The highest BCUT2D eigenvalue weighted by atomic mass is 31.2. The Labute approximate surface area is 362 Å². The highest BCUT2D eigenvalue weighted by Gasteiger charge is 2.27. The Hall–Kier alpha value is -1.29. The monoisotopic (exact) mass is 861 g/mol. The van der Waals surface area contributed by atoms with Crippen LogP contribution in [0.3, 0.4) is 0 Å². The molecule has 11 heteroatoms. The first-order chi connectivity index (χ1) is 28.7. The molecule has 0 aliphatic rings. The third-order valence-corrected chi connectivity index (χ3v) is 11.9. The van der Waals surface area contributed by atoms with Crippen LogP contribution in [0.15, 0.2) is 12.2 Å². The lowest BCUT2D eigenvalue weighted by atomic mass is 10.0. The van der Waals surface area contributed by atoms with Crippen molar-refractivity contribution in [2.75, 3.05) is 26.4 Å². The number of phosphoric ester groups is 1. The third-order valence-electron chi connectivity index (χ3n) is 10.9. The van der Waals surface area contributed by atoms with Gasteiger partial charge in [0.05, 0.1) is 19.8 Å². The molecule has 0 saturated carbocycles. The number of hydrogen-bond acceptors (Lipinski definition) is 9. The van der Waals surface area contributed by atoms with Crippen molar-refractivity contribution < 1.29 is 47.8 Å². The number of hydrogen-bond donors (Lipinski definition) is 3. The van der Waals surface area contributed by atoms with E-state index in [0.29, 0.717) is 12.8 Å². The first kappa shape index (κ1) is 57.7. The molecule has 3 N–H and O–H groups in total. The Bertz CT molecular complexity index is 993. The molecular weight excluding hydrogens is 767 g/mol. The van der Waals surface area contributed by atoms with Crippen LogP contribution in [0.5, 0.6) is 0 Å². The van der Waals surface area contributed by atoms with E-state index in [1.54, 1.807) is 0 Å². The van der Waals surface area contributed by atoms with Gasteiger partial charge < -0.3 is 24.6 Å². The number of rotatable bonds is 47. The SMILES string of the molecule is CCCCCCCC/C=C/CCCCCC(=O)OC[C@H](COP(=O)(O)OC[C@@H](O)CO)OC(=O)CCCCCCCCCCCCCCCCCCCCCCCCC. The predicted octanol–water partition coefficient (Wildman–Crippen LogP) is 13.6. The molecule has 0 aromatic heterocycles. The molecule has 0 aliphatic heterocycles. The van der Waals surface area contributed by atoms with Crippen molar-refractivity contribution in [3.8, 4) is 0 Å². The first-order valence-electron chi connectivity index (χ1n) is 24.6. The summed E-state index contributed by atoms with van der Waals surface area (Å²) >= 11 is 0. The minimum Gasteiger partial charge on any atom is -0.462 e. The summed E-state index contributed by atoms with van der Waals surface area (Å²) in [7, 11) is -4.62. The molecule has 3 atom stereocenters. The van der Waals surface area contributed by atoms with Gasteiger partial charge in [-0.3, -0.25) is 18.6 Å². The summed E-state index contributed by atoms with van der Waals surface area (Å²) < 4.78 is 32.8. The summed E-state index contributed by atoms with van der Waals surface area (Å²) in [6.07, 6.45) is 44.8. The lowest BCUT2D eigenvalue weighted by Crippen LogP contribution is -2.29. The highest BCUT2D eigenvalue weighted by Crippen LogP contribution is 2.43. The van der Waals surface area contributed by atoms with Gasteiger partial charge >= 0.3 is 19.8 Å². The first-order valence-corrected chi connectivity index (χ1v) is 26.1. The summed E-state index contributed by atoms with van der Waals surface area (Å²) in [5.41, 5.74) is 0. The zero-order valence-electron chi connectivity index (χ0n) is 38.2. The lowest BCUT2D eigenvalue weighted by molar-refractivity contribution is -0.161. The molecule has 0 radical (unpaired) electrons. The van der Waals surface area contributed by atoms with Crippen molar-refractivity contribution in [2.45, 2.75) is 257 Å². The number of aliphatic hydroxyl groups excluding tert-OH is 2. The number of carbonyl (C=O) groups is 2. The molecule has 0 heterocycles. The van der Waals surface area contributed by atoms with Gasteiger partial charge in [-0.15, -0.1) is 0 Å². The molecular formula is C48H93O10P. The van der Waals surface area contributed by atoms with Crippen molar-refractivity contribution in [3.63, 3.8) is 0 Å². The zero-order chi connectivity index (χ0) is 43.3. The van der Waals surface area contributed by atoms with Crippen LogP contribution in [0.1, 0.15) is 245 Å². The molecule has 0 aliphatic carbocycles. The van der Waals surface area contributed by atoms with E-state index in [0.717, 1.165) is 44.9 Å². The number of unbranched alkanes of at least 4 members (excludes halogenated alkanes) is 31. The Morgan fingerprint density at radius 2 is 0.831 bits per heavy atom. The summed E-state index contributed by atoms with van der Waals surface area (Å²) in [6.45, 7) is 2.40. The van der Waals surface area contributed by atoms with Crippen LogP contribution >= 0.6 is 7.82 Å². The van der Waals surface area contributed by atoms with Crippen molar-refractivity contribution in [1.29, 1.82) is 0 Å². The van der Waals surface area contributed by atoms with E-state index < -0.39 is 51.8 Å². The molecule has 59 heavy (non-hydrogen) atoms. The Balaban J connectivity index is 4.12. The number of esters is 2. The summed E-state index contributed by atoms with van der Waals surface area (Å²) in [4.78, 5) is 35.1. The maximum Gasteiger partial charge on any atom is 0.472 e. The van der Waals surface area contributed by atoms with E-state index in [9.17, 15) is 24.2 Å². The van der Waals surface area contributed by atoms with Crippen molar-refractivity contribution in [2.24, 2.45) is 0 Å². The van der Waals surface area contributed by atoms with E-state index in [4.69, 9.17) is 23.6 Å². The Morgan fingerprint density at radius 3 is 1.24 bits per heavy atom. The van der Waals surface area contributed by atoms with Gasteiger partial charge in [-0.2, -0.15) is 0 Å². The van der Waals surface area contributed by atoms with E-state index >= 15 is 0 Å². The maximum atomic E-state index is 12.7. The van der Waals surface area contributed by atoms with Crippen LogP contribution in [0.25, 0.3) is 0 Å². The number of allylic oxidation sites excluding steroid dienone is 2. The molecule has 1 unspecified atom stereocenters. The predicted molar refractivity (Wildman–Crippen MR) is 242 cm³/mol. The normalized spacial score (nSPS) is 13.8. The second kappa shape index (κ2) is 44.8. The van der Waals surface area contributed by atoms with Crippen LogP contribution in [-0.4, -0.2) is 65.7 Å². The van der Waals surface area contributed by atoms with Crippen molar-refractivity contribution >= 4 is 19.8 Å². The summed E-state index contributed by atoms with van der Waals surface area (Å²) in [6, 6.07) is 0. The minimum atomic E-state index is -4.62. The summed E-state index contributed by atoms with van der Waals surface area (Å²) in [5.74, 6) is -0.930. The topological polar surface area (TPSA) is 149 Å². The number of ether oxygens (including phenoxy) is 2. The van der Waals surface area contributed by atoms with Crippen LogP contribution in [-0.2, 0) is 32.7 Å². The van der Waals surface area contributed by atoms with Gasteiger partial charge in [0, 0.05) is 12.8 Å². The molecule has 0 aromatic carbocycles. The molecule has 10 nitrogen and oxygen atoms in total. The van der Waals surface area contributed by atoms with Crippen molar-refractivity contribution in [3.05, 3.63) is 12.2 Å². The number of aliphatic hydroxyl groups is 2. The van der Waals surface area contributed by atoms with Crippen LogP contribution in [0.2, 0.25) is 0 Å². The van der Waals surface area contributed by atoms with Gasteiger partial charge in [0.25, 0.3) is 0 Å². The molecule has 0 spiro atoms. The standard InChI is InChI=1S/C48H93O10P/c1-3-5-7-9-11-13-15-17-18-19-20-21-22-23-24-25-26-28-30-32-34-36-38-40-48(52)58-46(44-57-59(53,54)56-42-45(50)41-49)43-55-47(51)39-37-35-33-31-29-27-16-14-12-10-8-6-4-2/h27,29,45-46,49-50H,3-26,28,30-44H2,1-2H3,(H,53,54)/b29-27+/t45-,46+/m0/s1. The molecule has 0 amide bonds.